The van der Waals surface area contributed by atoms with Crippen LogP contribution in [-0.2, 0) is 11.3 Å². The molecule has 2 saturated heterocycles. The molecule has 1 amide bonds. The van der Waals surface area contributed by atoms with Gasteiger partial charge in [0.2, 0.25) is 0 Å². The van der Waals surface area contributed by atoms with Gasteiger partial charge in [0.05, 0.1) is 21.7 Å². The van der Waals surface area contributed by atoms with Gasteiger partial charge in [-0.05, 0) is 25.5 Å². The first-order valence-corrected chi connectivity index (χ1v) is 14.2. The Morgan fingerprint density at radius 2 is 1.82 bits per heavy atom. The molecule has 3 heterocycles. The number of aryl methyl sites for hydroxylation is 1. The summed E-state index contributed by atoms with van der Waals surface area (Å²) in [6, 6.07) is 8.11. The molecule has 2 aliphatic heterocycles. The van der Waals surface area contributed by atoms with Gasteiger partial charge in [-0.25, -0.2) is 0 Å². The van der Waals surface area contributed by atoms with Crippen LogP contribution in [0.5, 0.6) is 0 Å². The highest BCUT2D eigenvalue weighted by atomic mass is 32.2. The van der Waals surface area contributed by atoms with Crippen LogP contribution in [-0.4, -0.2) is 50.8 Å². The number of fused-ring (bicyclic) bond motifs is 1. The lowest BCUT2D eigenvalue weighted by Crippen LogP contribution is -2.35. The van der Waals surface area contributed by atoms with Gasteiger partial charge in [0.15, 0.2) is 0 Å². The second-order valence-electron chi connectivity index (χ2n) is 8.32. The van der Waals surface area contributed by atoms with Crippen LogP contribution in [0.2, 0.25) is 0 Å². The third kappa shape index (κ3) is 5.03. The van der Waals surface area contributed by atoms with Gasteiger partial charge in [0, 0.05) is 43.1 Å². The molecule has 4 rings (SSSR count). The van der Waals surface area contributed by atoms with E-state index in [4.69, 9.17) is 12.2 Å². The summed E-state index contributed by atoms with van der Waals surface area (Å²) in [5.74, 6) is 1.99. The van der Waals surface area contributed by atoms with E-state index in [-0.39, 0.29) is 11.5 Å². The lowest BCUT2D eigenvalue weighted by molar-refractivity contribution is -0.122. The molecule has 0 aliphatic carbocycles. The van der Waals surface area contributed by atoms with Crippen molar-refractivity contribution in [2.75, 3.05) is 36.0 Å². The maximum absolute atomic E-state index is 13.7. The largest absolute Gasteiger partial charge is 0.369 e. The van der Waals surface area contributed by atoms with Crippen molar-refractivity contribution in [2.45, 2.75) is 46.1 Å². The lowest BCUT2D eigenvalue weighted by Gasteiger charge is -2.31. The SMILES string of the molecule is CCCCCCN1C(=O)C(=Cc2c(N3CCSCC3)c3ccccc3n(CC)c2=O)SC1=S. The second kappa shape index (κ2) is 11.1. The first-order chi connectivity index (χ1) is 16.1. The average molecular weight is 502 g/mol. The van der Waals surface area contributed by atoms with E-state index in [9.17, 15) is 9.59 Å². The number of para-hydroxylation sites is 1. The molecule has 5 nitrogen and oxygen atoms in total. The molecule has 0 unspecified atom stereocenters. The lowest BCUT2D eigenvalue weighted by atomic mass is 10.1. The molecule has 0 radical (unpaired) electrons. The second-order valence-corrected chi connectivity index (χ2v) is 11.2. The number of thiocarbonyl (C=S) groups is 1. The first-order valence-electron chi connectivity index (χ1n) is 11.8. The third-order valence-electron chi connectivity index (χ3n) is 6.21. The molecule has 8 heteroatoms. The van der Waals surface area contributed by atoms with Gasteiger partial charge < -0.3 is 9.47 Å². The summed E-state index contributed by atoms with van der Waals surface area (Å²) in [6.07, 6.45) is 6.17. The smallest absolute Gasteiger partial charge is 0.266 e. The third-order valence-corrected chi connectivity index (χ3v) is 8.53. The van der Waals surface area contributed by atoms with Crippen molar-refractivity contribution in [1.29, 1.82) is 0 Å². The molecular weight excluding hydrogens is 470 g/mol. The summed E-state index contributed by atoms with van der Waals surface area (Å²) in [4.78, 5) is 31.5. The highest BCUT2D eigenvalue weighted by Gasteiger charge is 2.32. The van der Waals surface area contributed by atoms with Gasteiger partial charge in [-0.2, -0.15) is 11.8 Å². The van der Waals surface area contributed by atoms with E-state index in [0.29, 0.717) is 27.9 Å². The number of hydrogen-bond donors (Lipinski definition) is 0. The number of pyridine rings is 1. The number of benzene rings is 1. The fourth-order valence-corrected chi connectivity index (χ4v) is 6.70. The van der Waals surface area contributed by atoms with E-state index in [0.717, 1.165) is 66.9 Å². The monoisotopic (exact) mass is 501 g/mol. The molecule has 2 fully saturated rings. The molecule has 0 bridgehead atoms. The van der Waals surface area contributed by atoms with E-state index < -0.39 is 0 Å². The Balaban J connectivity index is 1.79. The minimum Gasteiger partial charge on any atom is -0.369 e. The molecule has 176 valence electrons. The van der Waals surface area contributed by atoms with Crippen LogP contribution < -0.4 is 10.5 Å². The van der Waals surface area contributed by atoms with Gasteiger partial charge >= 0.3 is 0 Å². The predicted octanol–water partition coefficient (Wildman–Crippen LogP) is 5.36. The van der Waals surface area contributed by atoms with Crippen LogP contribution in [0.4, 0.5) is 5.69 Å². The van der Waals surface area contributed by atoms with Crippen LogP contribution in [0.3, 0.4) is 0 Å². The number of carbonyl (C=O) groups is 1. The zero-order chi connectivity index (χ0) is 23.4. The number of amides is 1. The summed E-state index contributed by atoms with van der Waals surface area (Å²) in [6.45, 7) is 7.18. The summed E-state index contributed by atoms with van der Waals surface area (Å²) in [5.41, 5.74) is 2.46. The van der Waals surface area contributed by atoms with Gasteiger partial charge in [0.25, 0.3) is 11.5 Å². The van der Waals surface area contributed by atoms with Crippen LogP contribution in [0.25, 0.3) is 17.0 Å². The van der Waals surface area contributed by atoms with Crippen LogP contribution in [0.15, 0.2) is 34.0 Å². The van der Waals surface area contributed by atoms with E-state index in [1.807, 2.05) is 47.5 Å². The Labute approximate surface area is 209 Å². The number of rotatable bonds is 8. The minimum atomic E-state index is -0.0720. The van der Waals surface area contributed by atoms with Crippen molar-refractivity contribution in [3.05, 3.63) is 45.1 Å². The van der Waals surface area contributed by atoms with Gasteiger partial charge in [0.1, 0.15) is 4.32 Å². The van der Waals surface area contributed by atoms with Crippen molar-refractivity contribution < 1.29 is 4.79 Å². The Morgan fingerprint density at radius 3 is 2.55 bits per heavy atom. The Morgan fingerprint density at radius 1 is 1.06 bits per heavy atom. The molecule has 1 aromatic heterocycles. The molecule has 0 spiro atoms. The molecule has 2 aromatic rings. The molecule has 0 atom stereocenters. The Hall–Kier alpha value is -1.77. The van der Waals surface area contributed by atoms with Gasteiger partial charge in [-0.1, -0.05) is 68.4 Å². The van der Waals surface area contributed by atoms with Crippen LogP contribution in [0.1, 0.15) is 45.1 Å². The highest BCUT2D eigenvalue weighted by molar-refractivity contribution is 8.26. The molecule has 2 aliphatic rings. The number of unbranched alkanes of at least 4 members (excludes halogenated alkanes) is 3. The first kappa shape index (κ1) is 24.4. The quantitative estimate of drug-likeness (QED) is 0.276. The fraction of sp³-hybridized carbons (Fsp3) is 0.480. The van der Waals surface area contributed by atoms with Gasteiger partial charge in [-0.15, -0.1) is 0 Å². The van der Waals surface area contributed by atoms with Crippen molar-refractivity contribution >= 4 is 68.6 Å². The standard InChI is InChI=1S/C25H31N3O2S3/c1-3-5-6-9-12-28-24(30)21(33-25(28)31)17-19-22(26-13-15-32-16-14-26)18-10-7-8-11-20(18)27(4-2)23(19)29/h7-8,10-11,17H,3-6,9,12-16H2,1-2H3. The molecule has 0 saturated carbocycles. The Kier molecular flexibility index (Phi) is 8.20. The minimum absolute atomic E-state index is 0.0439. The van der Waals surface area contributed by atoms with E-state index in [2.05, 4.69) is 17.9 Å². The maximum Gasteiger partial charge on any atom is 0.266 e. The summed E-state index contributed by atoms with van der Waals surface area (Å²) in [5, 5.41) is 1.06. The summed E-state index contributed by atoms with van der Waals surface area (Å²) in [7, 11) is 0. The number of anilines is 1. The zero-order valence-corrected chi connectivity index (χ0v) is 21.8. The maximum atomic E-state index is 13.7. The molecule has 1 aromatic carbocycles. The number of thioether (sulfide) groups is 2. The van der Waals surface area contributed by atoms with Crippen LogP contribution in [0, 0.1) is 0 Å². The van der Waals surface area contributed by atoms with Crippen molar-refractivity contribution in [3.8, 4) is 0 Å². The normalized spacial score (nSPS) is 18.2. The summed E-state index contributed by atoms with van der Waals surface area (Å²) >= 11 is 8.80. The average Bonchev–Trinajstić information content (AvgIpc) is 3.10. The van der Waals surface area contributed by atoms with E-state index in [1.54, 1.807) is 4.90 Å². The topological polar surface area (TPSA) is 45.6 Å². The Bertz CT molecular complexity index is 1140. The molecule has 0 N–H and O–H groups in total. The molecule has 33 heavy (non-hydrogen) atoms. The number of nitrogens with zero attached hydrogens (tertiary/aromatic N) is 3. The van der Waals surface area contributed by atoms with E-state index in [1.165, 1.54) is 11.8 Å². The van der Waals surface area contributed by atoms with Crippen molar-refractivity contribution in [2.24, 2.45) is 0 Å². The van der Waals surface area contributed by atoms with Crippen LogP contribution >= 0.6 is 35.7 Å². The van der Waals surface area contributed by atoms with E-state index >= 15 is 0 Å². The fourth-order valence-electron chi connectivity index (χ4n) is 4.50. The van der Waals surface area contributed by atoms with Crippen molar-refractivity contribution in [3.63, 3.8) is 0 Å². The number of aromatic nitrogens is 1. The zero-order valence-electron chi connectivity index (χ0n) is 19.3. The summed E-state index contributed by atoms with van der Waals surface area (Å²) < 4.78 is 2.41. The number of hydrogen-bond acceptors (Lipinski definition) is 6. The van der Waals surface area contributed by atoms with Gasteiger partial charge in [-0.3, -0.25) is 14.5 Å². The number of carbonyl (C=O) groups excluding carboxylic acids is 1. The van der Waals surface area contributed by atoms with Crippen molar-refractivity contribution in [1.82, 2.24) is 9.47 Å². The molecular formula is C25H31N3O2S3. The predicted molar refractivity (Wildman–Crippen MR) is 147 cm³/mol. The highest BCUT2D eigenvalue weighted by Crippen LogP contribution is 2.36.